The van der Waals surface area contributed by atoms with Gasteiger partial charge in [0.25, 0.3) is 0 Å². The maximum Gasteiger partial charge on any atom is 0.419 e. The van der Waals surface area contributed by atoms with Gasteiger partial charge in [0.2, 0.25) is 0 Å². The Morgan fingerprint density at radius 3 is 1.42 bits per heavy atom. The first kappa shape index (κ1) is 55.0. The number of fused-ring (bicyclic) bond motifs is 3. The average Bonchev–Trinajstić information content (AvgIpc) is 3.97. The van der Waals surface area contributed by atoms with Crippen molar-refractivity contribution in [2.24, 2.45) is 35.2 Å². The standard InChI is InChI=1S/C31H36ClN3O3.C31H36N4O3/c1-29(2,3)18-30(4,5)20-14-21(31(6,7)19-12-10-9-11-13-19)27(36)24(15-20)34-33-23-17-26-25(16-22(23)32)35(8)28(37)38-26;1-29(2,3)18-30(4,5)20-14-21(31(6,7)19-12-10-9-11-13-19)27(36)25(15-20)35-32-22-16-24-26(17-23(22)33-35)38-28(37)34(24)8/h2*9-17,36H,18H2,1-8H3. The number of oxazole rings is 2. The van der Waals surface area contributed by atoms with Gasteiger partial charge in [-0.05, 0) is 81.0 Å². The zero-order valence-corrected chi connectivity index (χ0v) is 47.6. The van der Waals surface area contributed by atoms with Gasteiger partial charge in [-0.15, -0.1) is 25.2 Å². The van der Waals surface area contributed by atoms with Crippen LogP contribution in [-0.2, 0) is 35.8 Å². The Morgan fingerprint density at radius 2 is 0.934 bits per heavy atom. The summed E-state index contributed by atoms with van der Waals surface area (Å²) < 4.78 is 13.5. The van der Waals surface area contributed by atoms with Crippen LogP contribution in [0.15, 0.2) is 138 Å². The summed E-state index contributed by atoms with van der Waals surface area (Å²) in [7, 11) is 3.28. The van der Waals surface area contributed by atoms with Gasteiger partial charge in [0.15, 0.2) is 11.2 Å². The van der Waals surface area contributed by atoms with Crippen LogP contribution in [0.4, 0.5) is 11.4 Å². The molecular weight excluding hydrogens is 974 g/mol. The number of rotatable bonds is 11. The van der Waals surface area contributed by atoms with Gasteiger partial charge in [0.1, 0.15) is 39.6 Å². The first-order valence-electron chi connectivity index (χ1n) is 25.7. The average molecular weight is 1050 g/mol. The van der Waals surface area contributed by atoms with Crippen molar-refractivity contribution in [3.63, 3.8) is 0 Å². The molecule has 398 valence electrons. The molecule has 9 aromatic rings. The summed E-state index contributed by atoms with van der Waals surface area (Å²) in [5.41, 5.74) is 9.25. The number of phenols is 2. The zero-order chi connectivity index (χ0) is 55.7. The molecule has 0 atom stereocenters. The third kappa shape index (κ3) is 11.0. The van der Waals surface area contributed by atoms with Crippen LogP contribution in [0.25, 0.3) is 38.9 Å². The number of halogens is 1. The number of nitrogens with zero attached hydrogens (tertiary/aromatic N) is 7. The second-order valence-corrected chi connectivity index (χ2v) is 25.5. The van der Waals surface area contributed by atoms with Crippen molar-refractivity contribution < 1.29 is 19.0 Å². The number of hydrogen-bond acceptors (Lipinski definition) is 10. The van der Waals surface area contributed by atoms with Crippen LogP contribution in [0.3, 0.4) is 0 Å². The van der Waals surface area contributed by atoms with Crippen molar-refractivity contribution in [3.05, 3.63) is 169 Å². The molecule has 0 radical (unpaired) electrons. The highest BCUT2D eigenvalue weighted by atomic mass is 35.5. The molecule has 0 aliphatic carbocycles. The second-order valence-electron chi connectivity index (χ2n) is 25.1. The van der Waals surface area contributed by atoms with Gasteiger partial charge < -0.3 is 19.0 Å². The molecule has 0 unspecified atom stereocenters. The fourth-order valence-corrected chi connectivity index (χ4v) is 11.2. The lowest BCUT2D eigenvalue weighted by Crippen LogP contribution is -2.27. The minimum atomic E-state index is -0.493. The minimum absolute atomic E-state index is 0.0707. The van der Waals surface area contributed by atoms with E-state index >= 15 is 0 Å². The molecule has 3 aromatic heterocycles. The highest BCUT2D eigenvalue weighted by Gasteiger charge is 2.36. The molecule has 6 aromatic carbocycles. The van der Waals surface area contributed by atoms with E-state index in [-0.39, 0.29) is 33.2 Å². The van der Waals surface area contributed by atoms with Crippen molar-refractivity contribution in [1.82, 2.24) is 24.1 Å². The lowest BCUT2D eigenvalue weighted by atomic mass is 9.70. The molecule has 76 heavy (non-hydrogen) atoms. The van der Waals surface area contributed by atoms with E-state index in [1.807, 2.05) is 48.5 Å². The number of hydrogen-bond donors (Lipinski definition) is 2. The van der Waals surface area contributed by atoms with Crippen molar-refractivity contribution in [1.29, 1.82) is 0 Å². The Morgan fingerprint density at radius 1 is 0.513 bits per heavy atom. The van der Waals surface area contributed by atoms with E-state index in [0.29, 0.717) is 55.3 Å². The van der Waals surface area contributed by atoms with Crippen molar-refractivity contribution >= 4 is 56.2 Å². The number of aryl methyl sites for hydroxylation is 2. The highest BCUT2D eigenvalue weighted by molar-refractivity contribution is 6.33. The fraction of sp³-hybridized carbons (Fsp3) is 0.387. The Balaban J connectivity index is 0.000000201. The minimum Gasteiger partial charge on any atom is -0.505 e. The Kier molecular flexibility index (Phi) is 14.3. The first-order valence-corrected chi connectivity index (χ1v) is 26.1. The van der Waals surface area contributed by atoms with Gasteiger partial charge >= 0.3 is 11.5 Å². The van der Waals surface area contributed by atoms with E-state index < -0.39 is 22.3 Å². The van der Waals surface area contributed by atoms with Crippen LogP contribution in [0.1, 0.15) is 143 Å². The molecule has 3 heterocycles. The molecule has 0 saturated heterocycles. The van der Waals surface area contributed by atoms with Crippen LogP contribution in [0.2, 0.25) is 5.02 Å². The number of azo groups is 1. The molecular formula is C62H72ClN7O6. The van der Waals surface area contributed by atoms with Gasteiger partial charge in [-0.2, -0.15) is 0 Å². The van der Waals surface area contributed by atoms with E-state index in [1.165, 1.54) is 13.9 Å². The molecule has 9 rings (SSSR count). The topological polar surface area (TPSA) is 166 Å². The van der Waals surface area contributed by atoms with Crippen LogP contribution < -0.4 is 11.5 Å². The molecule has 2 N–H and O–H groups in total. The van der Waals surface area contributed by atoms with Gasteiger partial charge in [-0.25, -0.2) is 9.59 Å². The van der Waals surface area contributed by atoms with Crippen LogP contribution in [-0.4, -0.2) is 34.3 Å². The molecule has 0 amide bonds. The summed E-state index contributed by atoms with van der Waals surface area (Å²) in [6.07, 6.45) is 1.89. The van der Waals surface area contributed by atoms with Crippen LogP contribution in [0.5, 0.6) is 11.5 Å². The number of benzene rings is 6. The summed E-state index contributed by atoms with van der Waals surface area (Å²) in [4.78, 5) is 25.4. The maximum atomic E-state index is 12.0. The Hall–Kier alpha value is -7.25. The van der Waals surface area contributed by atoms with Gasteiger partial charge in [-0.1, -0.05) is 181 Å². The SMILES string of the molecule is Cn1c(=O)oc2cc(N=Nc3cc(C(C)(C)CC(C)(C)C)cc(C(C)(C)c4ccccc4)c3O)c(Cl)cc21.Cn1c(=O)oc2cc3nn(-c4cc(C(C)(C)CC(C)(C)C)cc(C(C)(C)c5ccccc5)c4O)nc3cc21. The lowest BCUT2D eigenvalue weighted by molar-refractivity contribution is 0.283. The first-order chi connectivity index (χ1) is 35.3. The third-order valence-corrected chi connectivity index (χ3v) is 15.0. The van der Waals surface area contributed by atoms with Crippen LogP contribution in [0, 0.1) is 10.8 Å². The Bertz CT molecular complexity index is 3780. The van der Waals surface area contributed by atoms with E-state index in [1.54, 1.807) is 38.4 Å². The molecule has 0 bridgehead atoms. The third-order valence-electron chi connectivity index (χ3n) is 14.7. The van der Waals surface area contributed by atoms with Crippen molar-refractivity contribution in [2.45, 2.75) is 131 Å². The molecule has 0 fully saturated rings. The Labute approximate surface area is 449 Å². The van der Waals surface area contributed by atoms with Gasteiger partial charge in [-0.3, -0.25) is 9.13 Å². The zero-order valence-electron chi connectivity index (χ0n) is 46.8. The maximum absolute atomic E-state index is 12.0. The van der Waals surface area contributed by atoms with E-state index in [9.17, 15) is 19.8 Å². The van der Waals surface area contributed by atoms with Gasteiger partial charge in [0, 0.05) is 48.2 Å². The highest BCUT2D eigenvalue weighted by Crippen LogP contribution is 2.48. The quantitative estimate of drug-likeness (QED) is 0.121. The predicted molar refractivity (Wildman–Crippen MR) is 306 cm³/mol. The number of aromatic hydroxyl groups is 2. The summed E-state index contributed by atoms with van der Waals surface area (Å²) in [6.45, 7) is 30.8. The molecule has 13 nitrogen and oxygen atoms in total. The van der Waals surface area contributed by atoms with Crippen LogP contribution >= 0.6 is 11.6 Å². The van der Waals surface area contributed by atoms with Crippen molar-refractivity contribution in [3.8, 4) is 17.2 Å². The molecule has 0 spiro atoms. The summed E-state index contributed by atoms with van der Waals surface area (Å²) in [5.74, 6) is -0.698. The normalized spacial score (nSPS) is 13.1. The smallest absolute Gasteiger partial charge is 0.419 e. The second kappa shape index (κ2) is 19.7. The predicted octanol–water partition coefficient (Wildman–Crippen LogP) is 15.6. The van der Waals surface area contributed by atoms with E-state index in [0.717, 1.165) is 46.2 Å². The monoisotopic (exact) mass is 1050 g/mol. The summed E-state index contributed by atoms with van der Waals surface area (Å²) >= 11 is 6.48. The van der Waals surface area contributed by atoms with E-state index in [2.05, 4.69) is 144 Å². The van der Waals surface area contributed by atoms with Crippen molar-refractivity contribution in [2.75, 3.05) is 0 Å². The lowest BCUT2D eigenvalue weighted by Gasteiger charge is -2.35. The summed E-state index contributed by atoms with van der Waals surface area (Å²) in [5, 5.41) is 41.9. The molecule has 0 saturated carbocycles. The molecule has 0 aliphatic heterocycles. The molecule has 0 aliphatic rings. The number of phenolic OH excluding ortho intramolecular Hbond substituents is 2. The van der Waals surface area contributed by atoms with Gasteiger partial charge in [0.05, 0.1) is 16.1 Å². The fourth-order valence-electron chi connectivity index (χ4n) is 11.0. The van der Waals surface area contributed by atoms with E-state index in [4.69, 9.17) is 30.6 Å². The summed E-state index contributed by atoms with van der Waals surface area (Å²) in [6, 6.07) is 35.2. The number of aromatic nitrogens is 5. The largest absolute Gasteiger partial charge is 0.505 e. The molecule has 14 heteroatoms.